The Morgan fingerprint density at radius 2 is 0.952 bits per heavy atom. The molecule has 4 heterocycles. The zero-order chi connectivity index (χ0) is 25.9. The third kappa shape index (κ3) is 8.18. The van der Waals surface area contributed by atoms with E-state index in [0.717, 1.165) is 134 Å². The highest BCUT2D eigenvalue weighted by atomic mass is 35.5. The molecule has 0 radical (unpaired) electrons. The lowest BCUT2D eigenvalue weighted by atomic mass is 10.0. The van der Waals surface area contributed by atoms with Crippen LogP contribution in [0.5, 0.6) is 0 Å². The topological polar surface area (TPSA) is 74.8 Å². The molecule has 0 amide bonds. The lowest BCUT2D eigenvalue weighted by Gasteiger charge is -2.26. The number of hydrogen-bond donors (Lipinski definition) is 2. The first-order valence-electron chi connectivity index (χ1n) is 13.9. The maximum absolute atomic E-state index is 5.48. The summed E-state index contributed by atoms with van der Waals surface area (Å²) in [6, 6.07) is 13.2. The van der Waals surface area contributed by atoms with Crippen LogP contribution in [0.3, 0.4) is 0 Å². The van der Waals surface area contributed by atoms with Gasteiger partial charge in [-0.1, -0.05) is 24.3 Å². The van der Waals surface area contributed by atoms with Crippen molar-refractivity contribution in [1.29, 1.82) is 0 Å². The van der Waals surface area contributed by atoms with Crippen LogP contribution >= 0.6 is 49.6 Å². The Kier molecular flexibility index (Phi) is 14.5. The van der Waals surface area contributed by atoms with E-state index < -0.39 is 0 Å². The third-order valence-electron chi connectivity index (χ3n) is 7.70. The number of aryl methyl sites for hydroxylation is 2. The van der Waals surface area contributed by atoms with Crippen LogP contribution in [0.25, 0.3) is 32.6 Å². The number of benzene rings is 2. The molecule has 12 heteroatoms. The minimum absolute atomic E-state index is 0. The van der Waals surface area contributed by atoms with E-state index in [2.05, 4.69) is 70.7 Å². The van der Waals surface area contributed by atoms with Crippen molar-refractivity contribution in [3.8, 4) is 0 Å². The number of halogens is 4. The molecule has 0 bridgehead atoms. The smallest absolute Gasteiger partial charge is 0.0805 e. The minimum atomic E-state index is 0. The molecule has 42 heavy (non-hydrogen) atoms. The summed E-state index contributed by atoms with van der Waals surface area (Å²) in [7, 11) is 0. The zero-order valence-electron chi connectivity index (χ0n) is 24.2. The number of aromatic nitrogens is 2. The average Bonchev–Trinajstić information content (AvgIpc) is 2.93. The zero-order valence-corrected chi connectivity index (χ0v) is 27.5. The highest BCUT2D eigenvalue weighted by Gasteiger charge is 2.15. The van der Waals surface area contributed by atoms with Gasteiger partial charge in [-0.3, -0.25) is 19.8 Å². The number of nitrogens with zero attached hydrogens (tertiary/aromatic N) is 4. The van der Waals surface area contributed by atoms with Gasteiger partial charge in [0.1, 0.15) is 0 Å². The van der Waals surface area contributed by atoms with Gasteiger partial charge in [-0.05, 0) is 26.0 Å². The van der Waals surface area contributed by atoms with E-state index in [1.165, 1.54) is 0 Å². The molecule has 2 saturated heterocycles. The summed E-state index contributed by atoms with van der Waals surface area (Å²) in [6.45, 7) is 15.3. The molecule has 2 fully saturated rings. The summed E-state index contributed by atoms with van der Waals surface area (Å²) in [5.74, 6) is 0. The van der Waals surface area contributed by atoms with Crippen molar-refractivity contribution < 1.29 is 9.47 Å². The predicted molar refractivity (Wildman–Crippen MR) is 185 cm³/mol. The number of anilines is 2. The van der Waals surface area contributed by atoms with Gasteiger partial charge < -0.3 is 20.1 Å². The fraction of sp³-hybridized carbons (Fsp3) is 0.467. The van der Waals surface area contributed by atoms with Crippen molar-refractivity contribution in [2.75, 3.05) is 89.4 Å². The van der Waals surface area contributed by atoms with E-state index in [-0.39, 0.29) is 49.6 Å². The van der Waals surface area contributed by atoms with Gasteiger partial charge >= 0.3 is 0 Å². The Hall–Kier alpha value is -1.88. The summed E-state index contributed by atoms with van der Waals surface area (Å²) in [6.07, 6.45) is 0. The van der Waals surface area contributed by atoms with Crippen molar-refractivity contribution >= 4 is 93.6 Å². The summed E-state index contributed by atoms with van der Waals surface area (Å²) in [5.41, 5.74) is 6.38. The Labute approximate surface area is 272 Å². The molecule has 0 spiro atoms. The van der Waals surface area contributed by atoms with Crippen LogP contribution in [-0.4, -0.2) is 98.6 Å². The summed E-state index contributed by atoms with van der Waals surface area (Å²) < 4.78 is 11.0. The lowest BCUT2D eigenvalue weighted by Crippen LogP contribution is -2.39. The maximum atomic E-state index is 5.48. The van der Waals surface area contributed by atoms with Crippen LogP contribution in [-0.2, 0) is 9.47 Å². The van der Waals surface area contributed by atoms with Crippen molar-refractivity contribution in [1.82, 2.24) is 19.8 Å². The highest BCUT2D eigenvalue weighted by molar-refractivity contribution is 6.18. The molecular formula is C30H42Cl4N6O2. The molecule has 0 saturated carbocycles. The molecule has 4 aromatic rings. The van der Waals surface area contributed by atoms with Crippen LogP contribution in [0.2, 0.25) is 0 Å². The van der Waals surface area contributed by atoms with Crippen LogP contribution < -0.4 is 10.6 Å². The first kappa shape index (κ1) is 36.3. The molecule has 0 atom stereocenters. The van der Waals surface area contributed by atoms with E-state index in [4.69, 9.17) is 19.4 Å². The summed E-state index contributed by atoms with van der Waals surface area (Å²) >= 11 is 0. The Morgan fingerprint density at radius 1 is 0.595 bits per heavy atom. The number of fused-ring (bicyclic) bond motifs is 5. The molecule has 2 aromatic heterocycles. The second-order valence-electron chi connectivity index (χ2n) is 10.4. The van der Waals surface area contributed by atoms with Gasteiger partial charge in [0, 0.05) is 96.7 Å². The van der Waals surface area contributed by atoms with Gasteiger partial charge in [0.25, 0.3) is 0 Å². The number of morpholine rings is 2. The quantitative estimate of drug-likeness (QED) is 0.233. The van der Waals surface area contributed by atoms with Crippen LogP contribution in [0, 0.1) is 13.8 Å². The number of pyridine rings is 2. The van der Waals surface area contributed by atoms with Gasteiger partial charge in [0.15, 0.2) is 0 Å². The van der Waals surface area contributed by atoms with Gasteiger partial charge in [-0.25, -0.2) is 0 Å². The number of nitrogens with one attached hydrogen (secondary N) is 2. The molecule has 232 valence electrons. The van der Waals surface area contributed by atoms with Gasteiger partial charge in [-0.2, -0.15) is 0 Å². The number of ether oxygens (including phenoxy) is 2. The number of rotatable bonds is 8. The molecule has 0 aliphatic carbocycles. The average molecular weight is 661 g/mol. The minimum Gasteiger partial charge on any atom is -0.383 e. The fourth-order valence-corrected chi connectivity index (χ4v) is 5.68. The van der Waals surface area contributed by atoms with Crippen LogP contribution in [0.4, 0.5) is 11.4 Å². The van der Waals surface area contributed by atoms with E-state index in [1.807, 2.05) is 0 Å². The van der Waals surface area contributed by atoms with E-state index in [0.29, 0.717) is 0 Å². The maximum Gasteiger partial charge on any atom is 0.0805 e. The Bertz CT molecular complexity index is 1340. The first-order valence-corrected chi connectivity index (χ1v) is 13.9. The lowest BCUT2D eigenvalue weighted by molar-refractivity contribution is 0.0398. The molecule has 2 N–H and O–H groups in total. The van der Waals surface area contributed by atoms with E-state index in [1.54, 1.807) is 0 Å². The van der Waals surface area contributed by atoms with Gasteiger partial charge in [0.2, 0.25) is 0 Å². The summed E-state index contributed by atoms with van der Waals surface area (Å²) in [4.78, 5) is 14.9. The Morgan fingerprint density at radius 3 is 1.33 bits per heavy atom. The largest absolute Gasteiger partial charge is 0.383 e. The molecule has 2 aromatic carbocycles. The van der Waals surface area contributed by atoms with Crippen molar-refractivity contribution in [2.45, 2.75) is 13.8 Å². The molecule has 2 aliphatic rings. The fourth-order valence-electron chi connectivity index (χ4n) is 5.68. The van der Waals surface area contributed by atoms with Crippen molar-refractivity contribution in [2.24, 2.45) is 0 Å². The molecule has 6 rings (SSSR count). The molecule has 8 nitrogen and oxygen atoms in total. The first-order chi connectivity index (χ1) is 18.7. The van der Waals surface area contributed by atoms with Crippen molar-refractivity contribution in [3.05, 3.63) is 47.8 Å². The van der Waals surface area contributed by atoms with E-state index >= 15 is 0 Å². The van der Waals surface area contributed by atoms with Crippen LogP contribution in [0.15, 0.2) is 36.4 Å². The summed E-state index contributed by atoms with van der Waals surface area (Å²) in [5, 5.41) is 12.0. The monoisotopic (exact) mass is 658 g/mol. The van der Waals surface area contributed by atoms with E-state index in [9.17, 15) is 0 Å². The molecule has 0 unspecified atom stereocenters. The standard InChI is InChI=1S/C30H38N6O2.4ClH/c1-21-19-27(31-7-9-35-11-15-37-16-12-35)25-5-4-24-23(29(25)33-21)3-6-26-28(20-22(2)34-30(24)26)32-8-10-36-13-17-38-18-14-36;;;;/h3-6,19-20H,7-18H2,1-2H3,(H,31,33)(H,32,34);4*1H. The second-order valence-corrected chi connectivity index (χ2v) is 10.4. The van der Waals surface area contributed by atoms with Gasteiger partial charge in [-0.15, -0.1) is 49.6 Å². The Balaban J connectivity index is 0.00000154. The normalized spacial score (nSPS) is 15.8. The second kappa shape index (κ2) is 16.8. The van der Waals surface area contributed by atoms with Gasteiger partial charge in [0.05, 0.1) is 37.5 Å². The predicted octanol–water partition coefficient (Wildman–Crippen LogP) is 5.73. The third-order valence-corrected chi connectivity index (χ3v) is 7.70. The van der Waals surface area contributed by atoms with Crippen LogP contribution in [0.1, 0.15) is 11.4 Å². The number of hydrogen-bond acceptors (Lipinski definition) is 8. The van der Waals surface area contributed by atoms with Crippen molar-refractivity contribution in [3.63, 3.8) is 0 Å². The highest BCUT2D eigenvalue weighted by Crippen LogP contribution is 2.35. The SMILES string of the molecule is Cc1cc(NCCN2CCOCC2)c2ccc3c(ccc4c(NCCN5CCOCC5)cc(C)nc43)c2n1.Cl.Cl.Cl.Cl. The molecule has 2 aliphatic heterocycles. The molecular weight excluding hydrogens is 618 g/mol.